The van der Waals surface area contributed by atoms with Crippen LogP contribution in [0.25, 0.3) is 0 Å². The fourth-order valence-electron chi connectivity index (χ4n) is 3.75. The summed E-state index contributed by atoms with van der Waals surface area (Å²) in [5.41, 5.74) is 1.34. The van der Waals surface area contributed by atoms with Crippen molar-refractivity contribution in [1.29, 1.82) is 0 Å². The second-order valence-electron chi connectivity index (χ2n) is 8.17. The van der Waals surface area contributed by atoms with Crippen molar-refractivity contribution in [3.05, 3.63) is 28.2 Å². The summed E-state index contributed by atoms with van der Waals surface area (Å²) >= 11 is 3.54. The first kappa shape index (κ1) is 17.8. The molecule has 0 aromatic heterocycles. The van der Waals surface area contributed by atoms with E-state index in [4.69, 9.17) is 14.5 Å². The van der Waals surface area contributed by atoms with E-state index in [0.717, 1.165) is 34.4 Å². The smallest absolute Gasteiger partial charge is 0.410 e. The monoisotopic (exact) mass is 421 g/mol. The molecule has 6 nitrogen and oxygen atoms in total. The van der Waals surface area contributed by atoms with Crippen LogP contribution in [0.2, 0.25) is 0 Å². The number of carbonyl (C=O) groups excluding carboxylic acids is 1. The zero-order valence-electron chi connectivity index (χ0n) is 15.3. The van der Waals surface area contributed by atoms with Crippen molar-refractivity contribution in [3.8, 4) is 0 Å². The third kappa shape index (κ3) is 3.11. The molecule has 2 fully saturated rings. The van der Waals surface area contributed by atoms with Gasteiger partial charge in [0.05, 0.1) is 19.3 Å². The number of nitrogens with zero attached hydrogens (tertiary/aromatic N) is 2. The van der Waals surface area contributed by atoms with Crippen molar-refractivity contribution < 1.29 is 14.3 Å². The molecular formula is C19H24BrN3O3. The Morgan fingerprint density at radius 2 is 2.19 bits per heavy atom. The molecule has 0 bridgehead atoms. The molecule has 140 valence electrons. The predicted molar refractivity (Wildman–Crippen MR) is 104 cm³/mol. The maximum atomic E-state index is 12.6. The quantitative estimate of drug-likeness (QED) is 0.746. The van der Waals surface area contributed by atoms with Gasteiger partial charge < -0.3 is 14.8 Å². The zero-order valence-corrected chi connectivity index (χ0v) is 16.9. The molecule has 3 aliphatic rings. The van der Waals surface area contributed by atoms with Gasteiger partial charge in [-0.2, -0.15) is 0 Å². The van der Waals surface area contributed by atoms with Crippen LogP contribution in [-0.4, -0.2) is 48.2 Å². The van der Waals surface area contributed by atoms with E-state index in [9.17, 15) is 4.79 Å². The van der Waals surface area contributed by atoms with Gasteiger partial charge in [0.25, 0.3) is 0 Å². The lowest BCUT2D eigenvalue weighted by atomic mass is 9.85. The van der Waals surface area contributed by atoms with E-state index in [2.05, 4.69) is 33.4 Å². The molecule has 1 spiro atoms. The molecule has 0 saturated carbocycles. The minimum Gasteiger partial charge on any atom is -0.444 e. The largest absolute Gasteiger partial charge is 0.444 e. The van der Waals surface area contributed by atoms with E-state index in [1.807, 2.05) is 26.8 Å². The van der Waals surface area contributed by atoms with Gasteiger partial charge in [0.1, 0.15) is 17.0 Å². The first-order valence-electron chi connectivity index (χ1n) is 9.02. The van der Waals surface area contributed by atoms with Gasteiger partial charge in [0.2, 0.25) is 0 Å². The lowest BCUT2D eigenvalue weighted by Gasteiger charge is -2.44. The Labute approximate surface area is 162 Å². The normalized spacial score (nSPS) is 23.8. The second-order valence-corrected chi connectivity index (χ2v) is 9.08. The Bertz CT molecular complexity index is 768. The molecule has 0 aliphatic carbocycles. The van der Waals surface area contributed by atoms with Crippen molar-refractivity contribution >= 4 is 33.5 Å². The average Bonchev–Trinajstić information content (AvgIpc) is 3.00. The molecular weight excluding hydrogens is 398 g/mol. The number of halogens is 1. The maximum Gasteiger partial charge on any atom is 0.410 e. The lowest BCUT2D eigenvalue weighted by molar-refractivity contribution is -0.0558. The predicted octanol–water partition coefficient (Wildman–Crippen LogP) is 3.90. The number of hydrogen-bond donors (Lipinski definition) is 1. The fourth-order valence-corrected chi connectivity index (χ4v) is 4.11. The van der Waals surface area contributed by atoms with Crippen LogP contribution in [0.15, 0.2) is 27.7 Å². The van der Waals surface area contributed by atoms with Crippen molar-refractivity contribution in [3.63, 3.8) is 0 Å². The minimum atomic E-state index is -0.507. The van der Waals surface area contributed by atoms with Gasteiger partial charge in [-0.3, -0.25) is 9.89 Å². The molecule has 4 rings (SSSR count). The molecule has 7 heteroatoms. The number of benzene rings is 1. The first-order chi connectivity index (χ1) is 12.3. The minimum absolute atomic E-state index is 0.0885. The van der Waals surface area contributed by atoms with E-state index in [1.165, 1.54) is 0 Å². The summed E-state index contributed by atoms with van der Waals surface area (Å²) in [5, 5.41) is 3.47. The van der Waals surface area contributed by atoms with Gasteiger partial charge in [-0.15, -0.1) is 0 Å². The van der Waals surface area contributed by atoms with E-state index >= 15 is 0 Å². The summed E-state index contributed by atoms with van der Waals surface area (Å²) < 4.78 is 12.1. The third-order valence-corrected chi connectivity index (χ3v) is 5.45. The summed E-state index contributed by atoms with van der Waals surface area (Å²) in [6.07, 6.45) is 1.55. The maximum absolute atomic E-state index is 12.6. The van der Waals surface area contributed by atoms with E-state index in [1.54, 1.807) is 4.90 Å². The van der Waals surface area contributed by atoms with E-state index in [0.29, 0.717) is 19.8 Å². The van der Waals surface area contributed by atoms with Crippen LogP contribution in [0.1, 0.15) is 39.2 Å². The molecule has 1 amide bonds. The molecule has 26 heavy (non-hydrogen) atoms. The van der Waals surface area contributed by atoms with Crippen LogP contribution in [-0.2, 0) is 15.0 Å². The van der Waals surface area contributed by atoms with E-state index in [-0.39, 0.29) is 17.7 Å². The number of rotatable bonds is 1. The van der Waals surface area contributed by atoms with Crippen molar-refractivity contribution in [2.24, 2.45) is 4.99 Å². The molecule has 1 aromatic rings. The molecule has 1 unspecified atom stereocenters. The Hall–Kier alpha value is -1.60. The molecule has 3 heterocycles. The number of fused-ring (bicyclic) bond motifs is 2. The Morgan fingerprint density at radius 3 is 2.85 bits per heavy atom. The lowest BCUT2D eigenvalue weighted by Crippen LogP contribution is -2.53. The summed E-state index contributed by atoms with van der Waals surface area (Å²) in [6.45, 7) is 7.51. The number of amidine groups is 1. The standard InChI is InChI=1S/C19H24BrN3O3/c1-18(2,3)26-17(24)23-8-4-5-15(23)16-21-14-9-12(20)6-7-13(14)19(22-16)10-25-11-19/h6-7,9,15H,4-5,8,10-11H2,1-3H3,(H,21,22). The van der Waals surface area contributed by atoms with Gasteiger partial charge in [-0.1, -0.05) is 22.0 Å². The number of nitrogens with one attached hydrogen (secondary N) is 1. The summed E-state index contributed by atoms with van der Waals surface area (Å²) in [6, 6.07) is 6.10. The highest BCUT2D eigenvalue weighted by molar-refractivity contribution is 9.10. The number of ether oxygens (including phenoxy) is 2. The third-order valence-electron chi connectivity index (χ3n) is 4.96. The molecule has 1 aromatic carbocycles. The Kier molecular flexibility index (Phi) is 4.27. The highest BCUT2D eigenvalue weighted by atomic mass is 79.9. The topological polar surface area (TPSA) is 63.2 Å². The Morgan fingerprint density at radius 1 is 1.42 bits per heavy atom. The van der Waals surface area contributed by atoms with Crippen LogP contribution in [0.5, 0.6) is 0 Å². The number of anilines is 1. The number of aliphatic imine (C=N–C) groups is 1. The fraction of sp³-hybridized carbons (Fsp3) is 0.579. The molecule has 2 saturated heterocycles. The summed E-state index contributed by atoms with van der Waals surface area (Å²) in [4.78, 5) is 19.5. The highest BCUT2D eigenvalue weighted by Gasteiger charge is 2.47. The van der Waals surface area contributed by atoms with Gasteiger partial charge in [-0.25, -0.2) is 4.79 Å². The van der Waals surface area contributed by atoms with Gasteiger partial charge >= 0.3 is 6.09 Å². The molecule has 1 atom stereocenters. The summed E-state index contributed by atoms with van der Waals surface area (Å²) in [5.74, 6) is 0.835. The van der Waals surface area contributed by atoms with Crippen molar-refractivity contribution in [2.45, 2.75) is 50.8 Å². The number of hydrogen-bond acceptors (Lipinski definition) is 5. The van der Waals surface area contributed by atoms with Crippen LogP contribution in [0.4, 0.5) is 10.5 Å². The zero-order chi connectivity index (χ0) is 18.5. The second kappa shape index (κ2) is 6.23. The molecule has 0 radical (unpaired) electrons. The number of amides is 1. The van der Waals surface area contributed by atoms with Crippen LogP contribution in [0, 0.1) is 0 Å². The van der Waals surface area contributed by atoms with Crippen LogP contribution >= 0.6 is 15.9 Å². The first-order valence-corrected chi connectivity index (χ1v) is 9.81. The van der Waals surface area contributed by atoms with Crippen molar-refractivity contribution in [2.75, 3.05) is 25.1 Å². The number of carbonyl (C=O) groups is 1. The van der Waals surface area contributed by atoms with Gasteiger partial charge in [0.15, 0.2) is 0 Å². The molecule has 1 N–H and O–H groups in total. The Balaban J connectivity index is 1.64. The van der Waals surface area contributed by atoms with Crippen LogP contribution in [0.3, 0.4) is 0 Å². The van der Waals surface area contributed by atoms with Gasteiger partial charge in [-0.05, 0) is 45.7 Å². The SMILES string of the molecule is CC(C)(C)OC(=O)N1CCCC1C1=NC2(COC2)c2ccc(Br)cc2N1. The highest BCUT2D eigenvalue weighted by Crippen LogP contribution is 2.43. The average molecular weight is 422 g/mol. The molecule has 3 aliphatic heterocycles. The van der Waals surface area contributed by atoms with Crippen LogP contribution < -0.4 is 5.32 Å². The van der Waals surface area contributed by atoms with Gasteiger partial charge in [0, 0.05) is 22.3 Å². The van der Waals surface area contributed by atoms with E-state index < -0.39 is 5.60 Å². The van der Waals surface area contributed by atoms with Crippen molar-refractivity contribution in [1.82, 2.24) is 4.90 Å². The number of likely N-dealkylation sites (tertiary alicyclic amines) is 1. The summed E-state index contributed by atoms with van der Waals surface area (Å²) in [7, 11) is 0.